The van der Waals surface area contributed by atoms with Crippen LogP contribution in [0.3, 0.4) is 0 Å². The predicted molar refractivity (Wildman–Crippen MR) is 83.7 cm³/mol. The molecule has 2 unspecified atom stereocenters. The van der Waals surface area contributed by atoms with Crippen molar-refractivity contribution >= 4 is 27.6 Å². The molecule has 0 bridgehead atoms. The van der Waals surface area contributed by atoms with Gasteiger partial charge in [0.25, 0.3) is 0 Å². The topological polar surface area (TPSA) is 71.1 Å². The molecule has 1 aliphatic carbocycles. The molecule has 1 aliphatic rings. The summed E-state index contributed by atoms with van der Waals surface area (Å²) >= 11 is 1.82. The van der Waals surface area contributed by atoms with Crippen LogP contribution in [0.2, 0.25) is 0 Å². The van der Waals surface area contributed by atoms with Gasteiger partial charge in [0.05, 0.1) is 0 Å². The van der Waals surface area contributed by atoms with E-state index in [1.807, 2.05) is 11.8 Å². The monoisotopic (exact) mass is 315 g/mol. The van der Waals surface area contributed by atoms with Crippen LogP contribution in [-0.4, -0.2) is 38.0 Å². The molecule has 1 aromatic heterocycles. The van der Waals surface area contributed by atoms with Crippen molar-refractivity contribution in [1.82, 2.24) is 9.71 Å². The third-order valence-electron chi connectivity index (χ3n) is 3.58. The number of nitrogens with one attached hydrogen (secondary N) is 2. The molecule has 0 amide bonds. The van der Waals surface area contributed by atoms with Crippen molar-refractivity contribution in [2.24, 2.45) is 0 Å². The lowest BCUT2D eigenvalue weighted by Gasteiger charge is -2.28. The maximum absolute atomic E-state index is 12.3. The highest BCUT2D eigenvalue weighted by Gasteiger charge is 2.26. The third kappa shape index (κ3) is 3.86. The van der Waals surface area contributed by atoms with Gasteiger partial charge in [0.1, 0.15) is 10.7 Å². The molecule has 0 aromatic carbocycles. The highest BCUT2D eigenvalue weighted by atomic mass is 32.2. The van der Waals surface area contributed by atoms with Gasteiger partial charge in [0.2, 0.25) is 10.0 Å². The summed E-state index contributed by atoms with van der Waals surface area (Å²) in [5.41, 5.74) is 0. The lowest BCUT2D eigenvalue weighted by atomic mass is 9.96. The van der Waals surface area contributed by atoms with Gasteiger partial charge >= 0.3 is 0 Å². The first kappa shape index (κ1) is 15.6. The van der Waals surface area contributed by atoms with E-state index in [9.17, 15) is 8.42 Å². The Morgan fingerprint density at radius 2 is 2.15 bits per heavy atom. The van der Waals surface area contributed by atoms with Gasteiger partial charge in [-0.2, -0.15) is 11.8 Å². The first-order valence-corrected chi connectivity index (χ1v) is 9.51. The van der Waals surface area contributed by atoms with Crippen molar-refractivity contribution in [3.05, 3.63) is 18.3 Å². The molecular weight excluding hydrogens is 294 g/mol. The van der Waals surface area contributed by atoms with Gasteiger partial charge < -0.3 is 5.32 Å². The number of sulfonamides is 1. The Labute approximate surface area is 125 Å². The molecular formula is C13H21N3O2S2. The zero-order valence-electron chi connectivity index (χ0n) is 11.8. The number of pyridine rings is 1. The Morgan fingerprint density at radius 3 is 2.75 bits per heavy atom. The molecule has 20 heavy (non-hydrogen) atoms. The molecule has 5 nitrogen and oxygen atoms in total. The standard InChI is InChI=1S/C13H21N3O2S2/c1-14-13-7-6-12(9-15-13)20(17,18)16-10-4-3-5-11(8-10)19-2/h6-7,9-11,16H,3-5,8H2,1-2H3,(H,14,15). The van der Waals surface area contributed by atoms with Crippen molar-refractivity contribution in [1.29, 1.82) is 0 Å². The summed E-state index contributed by atoms with van der Waals surface area (Å²) in [7, 11) is -1.72. The summed E-state index contributed by atoms with van der Waals surface area (Å²) in [6.07, 6.45) is 7.55. The largest absolute Gasteiger partial charge is 0.373 e. The molecule has 2 rings (SSSR count). The van der Waals surface area contributed by atoms with Crippen LogP contribution in [0.4, 0.5) is 5.82 Å². The quantitative estimate of drug-likeness (QED) is 0.870. The van der Waals surface area contributed by atoms with Gasteiger partial charge in [0.15, 0.2) is 0 Å². The minimum Gasteiger partial charge on any atom is -0.373 e. The second-order valence-corrected chi connectivity index (χ2v) is 7.82. The lowest BCUT2D eigenvalue weighted by molar-refractivity contribution is 0.420. The second-order valence-electron chi connectivity index (χ2n) is 4.97. The number of hydrogen-bond acceptors (Lipinski definition) is 5. The van der Waals surface area contributed by atoms with Gasteiger partial charge in [-0.1, -0.05) is 6.42 Å². The van der Waals surface area contributed by atoms with Crippen LogP contribution < -0.4 is 10.0 Å². The molecule has 0 saturated heterocycles. The van der Waals surface area contributed by atoms with E-state index < -0.39 is 10.0 Å². The van der Waals surface area contributed by atoms with Crippen LogP contribution in [0, 0.1) is 0 Å². The first-order valence-electron chi connectivity index (χ1n) is 6.74. The van der Waals surface area contributed by atoms with E-state index in [4.69, 9.17) is 0 Å². The van der Waals surface area contributed by atoms with E-state index in [2.05, 4.69) is 21.3 Å². The summed E-state index contributed by atoms with van der Waals surface area (Å²) in [5, 5.41) is 3.43. The summed E-state index contributed by atoms with van der Waals surface area (Å²) in [5.74, 6) is 0.657. The smallest absolute Gasteiger partial charge is 0.242 e. The van der Waals surface area contributed by atoms with Crippen molar-refractivity contribution in [2.45, 2.75) is 41.9 Å². The molecule has 0 radical (unpaired) electrons. The molecule has 1 saturated carbocycles. The minimum absolute atomic E-state index is 0.0372. The normalized spacial score (nSPS) is 23.5. The second kappa shape index (κ2) is 6.78. The number of thioether (sulfide) groups is 1. The SMILES string of the molecule is CNc1ccc(S(=O)(=O)NC2CCCC(SC)C2)cn1. The number of anilines is 1. The van der Waals surface area contributed by atoms with Gasteiger partial charge in [-0.05, 0) is 37.7 Å². The minimum atomic E-state index is -3.47. The van der Waals surface area contributed by atoms with Crippen LogP contribution in [0.15, 0.2) is 23.2 Å². The highest BCUT2D eigenvalue weighted by molar-refractivity contribution is 7.99. The summed E-state index contributed by atoms with van der Waals surface area (Å²) in [4.78, 5) is 4.28. The molecule has 0 aliphatic heterocycles. The molecule has 2 atom stereocenters. The molecule has 112 valence electrons. The Bertz CT molecular complexity index is 531. The van der Waals surface area contributed by atoms with Crippen molar-refractivity contribution in [3.63, 3.8) is 0 Å². The molecule has 0 spiro atoms. The van der Waals surface area contributed by atoms with E-state index >= 15 is 0 Å². The number of aromatic nitrogens is 1. The van der Waals surface area contributed by atoms with Gasteiger partial charge in [0, 0.05) is 24.5 Å². The Balaban J connectivity index is 2.06. The van der Waals surface area contributed by atoms with E-state index in [1.165, 1.54) is 12.6 Å². The van der Waals surface area contributed by atoms with Gasteiger partial charge in [-0.3, -0.25) is 0 Å². The Hall–Kier alpha value is -0.790. The average molecular weight is 315 g/mol. The Morgan fingerprint density at radius 1 is 1.35 bits per heavy atom. The predicted octanol–water partition coefficient (Wildman–Crippen LogP) is 2.08. The van der Waals surface area contributed by atoms with E-state index in [0.29, 0.717) is 11.1 Å². The van der Waals surface area contributed by atoms with Crippen LogP contribution >= 0.6 is 11.8 Å². The van der Waals surface area contributed by atoms with Crippen LogP contribution in [-0.2, 0) is 10.0 Å². The average Bonchev–Trinajstić information content (AvgIpc) is 2.47. The van der Waals surface area contributed by atoms with E-state index in [1.54, 1.807) is 19.2 Å². The maximum Gasteiger partial charge on any atom is 0.242 e. The molecule has 7 heteroatoms. The van der Waals surface area contributed by atoms with E-state index in [0.717, 1.165) is 19.3 Å². The summed E-state index contributed by atoms with van der Waals surface area (Å²) < 4.78 is 27.4. The lowest BCUT2D eigenvalue weighted by Crippen LogP contribution is -2.39. The summed E-state index contributed by atoms with van der Waals surface area (Å²) in [6.45, 7) is 0. The van der Waals surface area contributed by atoms with Crippen LogP contribution in [0.1, 0.15) is 25.7 Å². The number of hydrogen-bond donors (Lipinski definition) is 2. The summed E-state index contributed by atoms with van der Waals surface area (Å²) in [6, 6.07) is 3.28. The van der Waals surface area contributed by atoms with Gasteiger partial charge in [-0.15, -0.1) is 0 Å². The zero-order chi connectivity index (χ0) is 14.6. The molecule has 1 aromatic rings. The fourth-order valence-electron chi connectivity index (χ4n) is 2.44. The van der Waals surface area contributed by atoms with Crippen LogP contribution in [0.5, 0.6) is 0 Å². The van der Waals surface area contributed by atoms with Crippen molar-refractivity contribution in [3.8, 4) is 0 Å². The maximum atomic E-state index is 12.3. The van der Waals surface area contributed by atoms with Crippen molar-refractivity contribution < 1.29 is 8.42 Å². The van der Waals surface area contributed by atoms with Crippen molar-refractivity contribution in [2.75, 3.05) is 18.6 Å². The molecule has 2 N–H and O–H groups in total. The number of rotatable bonds is 5. The zero-order valence-corrected chi connectivity index (χ0v) is 13.4. The highest BCUT2D eigenvalue weighted by Crippen LogP contribution is 2.27. The van der Waals surface area contributed by atoms with E-state index in [-0.39, 0.29) is 10.9 Å². The Kier molecular flexibility index (Phi) is 5.29. The fourth-order valence-corrected chi connectivity index (χ4v) is 4.50. The fraction of sp³-hybridized carbons (Fsp3) is 0.615. The third-order valence-corrected chi connectivity index (χ3v) is 6.18. The number of nitrogens with zero attached hydrogens (tertiary/aromatic N) is 1. The molecule has 1 heterocycles. The van der Waals surface area contributed by atoms with Crippen LogP contribution in [0.25, 0.3) is 0 Å². The molecule has 1 fully saturated rings. The first-order chi connectivity index (χ1) is 9.55. The van der Waals surface area contributed by atoms with Gasteiger partial charge in [-0.25, -0.2) is 18.1 Å².